The minimum absolute atomic E-state index is 0.0581. The number of ether oxygens (including phenoxy) is 1. The van der Waals surface area contributed by atoms with Gasteiger partial charge in [-0.2, -0.15) is 4.68 Å². The largest absolute Gasteiger partial charge is 0.497 e. The molecular formula is C18H19N5O2S. The first-order valence-electron chi connectivity index (χ1n) is 8.08. The number of carbonyl (C=O) groups excluding carboxylic acids is 1. The molecule has 1 N–H and O–H groups in total. The van der Waals surface area contributed by atoms with Crippen molar-refractivity contribution >= 4 is 23.4 Å². The van der Waals surface area contributed by atoms with Gasteiger partial charge in [0.05, 0.1) is 12.8 Å². The molecule has 0 aliphatic rings. The highest BCUT2D eigenvalue weighted by atomic mass is 32.2. The molecule has 0 atom stereocenters. The number of thioether (sulfide) groups is 1. The maximum atomic E-state index is 12.1. The molecule has 0 unspecified atom stereocenters. The van der Waals surface area contributed by atoms with Gasteiger partial charge in [-0.25, -0.2) is 0 Å². The van der Waals surface area contributed by atoms with Crippen molar-refractivity contribution in [3.8, 4) is 11.4 Å². The third-order valence-corrected chi connectivity index (χ3v) is 4.54. The van der Waals surface area contributed by atoms with Gasteiger partial charge in [0.15, 0.2) is 0 Å². The number of methoxy groups -OCH3 is 1. The van der Waals surface area contributed by atoms with E-state index in [4.69, 9.17) is 4.74 Å². The minimum atomic E-state index is -0.0581. The van der Waals surface area contributed by atoms with E-state index in [-0.39, 0.29) is 5.91 Å². The van der Waals surface area contributed by atoms with Crippen molar-refractivity contribution < 1.29 is 9.53 Å². The number of carbonyl (C=O) groups is 1. The van der Waals surface area contributed by atoms with Crippen LogP contribution in [-0.2, 0) is 4.79 Å². The molecule has 1 aromatic heterocycles. The van der Waals surface area contributed by atoms with Crippen LogP contribution in [0.4, 0.5) is 5.69 Å². The quantitative estimate of drug-likeness (QED) is 0.645. The summed E-state index contributed by atoms with van der Waals surface area (Å²) in [6.45, 7) is 2.02. The second kappa shape index (κ2) is 8.48. The number of rotatable bonds is 7. The number of tetrazole rings is 1. The summed E-state index contributed by atoms with van der Waals surface area (Å²) in [5, 5.41) is 15.3. The highest BCUT2D eigenvalue weighted by Gasteiger charge is 2.10. The number of amides is 1. The van der Waals surface area contributed by atoms with Crippen molar-refractivity contribution in [3.05, 3.63) is 54.1 Å². The first-order valence-corrected chi connectivity index (χ1v) is 9.06. The van der Waals surface area contributed by atoms with Gasteiger partial charge in [0, 0.05) is 17.9 Å². The van der Waals surface area contributed by atoms with Crippen LogP contribution in [0.15, 0.2) is 53.7 Å². The van der Waals surface area contributed by atoms with Gasteiger partial charge < -0.3 is 10.1 Å². The second-order valence-electron chi connectivity index (χ2n) is 5.59. The number of hydrogen-bond acceptors (Lipinski definition) is 6. The van der Waals surface area contributed by atoms with E-state index in [9.17, 15) is 4.79 Å². The molecule has 0 aliphatic heterocycles. The monoisotopic (exact) mass is 369 g/mol. The lowest BCUT2D eigenvalue weighted by atomic mass is 10.2. The fraction of sp³-hybridized carbons (Fsp3) is 0.222. The normalized spacial score (nSPS) is 10.5. The van der Waals surface area contributed by atoms with Gasteiger partial charge in [0.2, 0.25) is 11.1 Å². The Bertz CT molecular complexity index is 879. The maximum Gasteiger partial charge on any atom is 0.225 e. The lowest BCUT2D eigenvalue weighted by Gasteiger charge is -2.07. The van der Waals surface area contributed by atoms with E-state index in [0.29, 0.717) is 17.3 Å². The molecule has 0 saturated carbocycles. The number of aromatic nitrogens is 4. The Kier molecular flexibility index (Phi) is 5.85. The van der Waals surface area contributed by atoms with E-state index in [1.165, 1.54) is 11.8 Å². The third-order valence-electron chi connectivity index (χ3n) is 3.62. The number of hydrogen-bond donors (Lipinski definition) is 1. The summed E-state index contributed by atoms with van der Waals surface area (Å²) >= 11 is 1.45. The summed E-state index contributed by atoms with van der Waals surface area (Å²) in [6, 6.07) is 15.2. The second-order valence-corrected chi connectivity index (χ2v) is 6.65. The molecule has 1 heterocycles. The van der Waals surface area contributed by atoms with Gasteiger partial charge in [-0.15, -0.1) is 5.10 Å². The summed E-state index contributed by atoms with van der Waals surface area (Å²) in [7, 11) is 1.61. The summed E-state index contributed by atoms with van der Waals surface area (Å²) < 4.78 is 6.78. The molecule has 8 heteroatoms. The molecule has 26 heavy (non-hydrogen) atoms. The molecule has 0 fully saturated rings. The Hall–Kier alpha value is -2.87. The molecule has 0 spiro atoms. The van der Waals surface area contributed by atoms with Crippen molar-refractivity contribution in [1.29, 1.82) is 0 Å². The smallest absolute Gasteiger partial charge is 0.225 e. The lowest BCUT2D eigenvalue weighted by Crippen LogP contribution is -2.12. The molecule has 0 radical (unpaired) electrons. The molecule has 2 aromatic carbocycles. The average Bonchev–Trinajstić information content (AvgIpc) is 3.11. The predicted molar refractivity (Wildman–Crippen MR) is 101 cm³/mol. The van der Waals surface area contributed by atoms with Gasteiger partial charge >= 0.3 is 0 Å². The minimum Gasteiger partial charge on any atom is -0.497 e. The lowest BCUT2D eigenvalue weighted by molar-refractivity contribution is -0.115. The number of aryl methyl sites for hydroxylation is 1. The Labute approximate surface area is 155 Å². The van der Waals surface area contributed by atoms with E-state index < -0.39 is 0 Å². The molecule has 0 saturated heterocycles. The fourth-order valence-corrected chi connectivity index (χ4v) is 3.15. The number of nitrogens with zero attached hydrogens (tertiary/aromatic N) is 4. The van der Waals surface area contributed by atoms with Gasteiger partial charge in [-0.3, -0.25) is 4.79 Å². The predicted octanol–water partition coefficient (Wildman–Crippen LogP) is 3.10. The van der Waals surface area contributed by atoms with Gasteiger partial charge in [0.1, 0.15) is 5.75 Å². The van der Waals surface area contributed by atoms with Crippen LogP contribution >= 0.6 is 11.8 Å². The third kappa shape index (κ3) is 4.60. The molecule has 1 amide bonds. The molecule has 134 valence electrons. The van der Waals surface area contributed by atoms with Gasteiger partial charge in [-0.1, -0.05) is 23.9 Å². The van der Waals surface area contributed by atoms with Crippen molar-refractivity contribution in [2.45, 2.75) is 18.5 Å². The van der Waals surface area contributed by atoms with Gasteiger partial charge in [-0.05, 0) is 59.3 Å². The Balaban J connectivity index is 1.53. The molecular weight excluding hydrogens is 350 g/mol. The molecule has 0 aliphatic carbocycles. The zero-order chi connectivity index (χ0) is 18.4. The van der Waals surface area contributed by atoms with E-state index in [1.807, 2.05) is 43.3 Å². The van der Waals surface area contributed by atoms with Crippen molar-refractivity contribution in [3.63, 3.8) is 0 Å². The standard InChI is InChI=1S/C18H19N5O2S/c1-13-4-3-5-15(12-13)23-18(20-21-22-23)26-11-10-17(24)19-14-6-8-16(25-2)9-7-14/h3-9,12H,10-11H2,1-2H3,(H,19,24). The van der Waals surface area contributed by atoms with Crippen LogP contribution in [0.25, 0.3) is 5.69 Å². The summed E-state index contributed by atoms with van der Waals surface area (Å²) in [4.78, 5) is 12.1. The van der Waals surface area contributed by atoms with Crippen LogP contribution in [-0.4, -0.2) is 39.0 Å². The van der Waals surface area contributed by atoms with Crippen molar-refractivity contribution in [2.75, 3.05) is 18.2 Å². The Morgan fingerprint density at radius 1 is 1.23 bits per heavy atom. The highest BCUT2D eigenvalue weighted by molar-refractivity contribution is 7.99. The summed E-state index contributed by atoms with van der Waals surface area (Å²) in [5.41, 5.74) is 2.78. The topological polar surface area (TPSA) is 81.9 Å². The van der Waals surface area contributed by atoms with Crippen LogP contribution in [0.1, 0.15) is 12.0 Å². The fourth-order valence-electron chi connectivity index (χ4n) is 2.32. The van der Waals surface area contributed by atoms with E-state index in [1.54, 1.807) is 23.9 Å². The average molecular weight is 369 g/mol. The zero-order valence-electron chi connectivity index (χ0n) is 14.5. The SMILES string of the molecule is COc1ccc(NC(=O)CCSc2nnnn2-c2cccc(C)c2)cc1. The first-order chi connectivity index (χ1) is 12.7. The van der Waals surface area contributed by atoms with Crippen LogP contribution in [0.2, 0.25) is 0 Å². The van der Waals surface area contributed by atoms with Crippen molar-refractivity contribution in [1.82, 2.24) is 20.2 Å². The highest BCUT2D eigenvalue weighted by Crippen LogP contribution is 2.20. The van der Waals surface area contributed by atoms with Crippen LogP contribution in [0.3, 0.4) is 0 Å². The Morgan fingerprint density at radius 2 is 2.04 bits per heavy atom. The number of benzene rings is 2. The van der Waals surface area contributed by atoms with Crippen LogP contribution < -0.4 is 10.1 Å². The molecule has 7 nitrogen and oxygen atoms in total. The van der Waals surface area contributed by atoms with E-state index in [2.05, 4.69) is 20.8 Å². The molecule has 3 aromatic rings. The maximum absolute atomic E-state index is 12.1. The molecule has 3 rings (SSSR count). The Morgan fingerprint density at radius 3 is 2.77 bits per heavy atom. The molecule has 0 bridgehead atoms. The number of nitrogens with one attached hydrogen (secondary N) is 1. The van der Waals surface area contributed by atoms with E-state index in [0.717, 1.165) is 22.7 Å². The van der Waals surface area contributed by atoms with Crippen LogP contribution in [0.5, 0.6) is 5.75 Å². The van der Waals surface area contributed by atoms with Gasteiger partial charge in [0.25, 0.3) is 0 Å². The first kappa shape index (κ1) is 17.9. The number of anilines is 1. The van der Waals surface area contributed by atoms with Crippen molar-refractivity contribution in [2.24, 2.45) is 0 Å². The summed E-state index contributed by atoms with van der Waals surface area (Å²) in [5.74, 6) is 1.27. The van der Waals surface area contributed by atoms with Crippen LogP contribution in [0, 0.1) is 6.92 Å². The summed E-state index contributed by atoms with van der Waals surface area (Å²) in [6.07, 6.45) is 0.359. The zero-order valence-corrected chi connectivity index (χ0v) is 15.4. The van der Waals surface area contributed by atoms with E-state index >= 15 is 0 Å².